The van der Waals surface area contributed by atoms with Crippen LogP contribution in [0.2, 0.25) is 10.2 Å². The molecule has 0 saturated carbocycles. The van der Waals surface area contributed by atoms with Crippen molar-refractivity contribution in [3.05, 3.63) is 59.1 Å². The average Bonchev–Trinajstić information content (AvgIpc) is 2.35. The van der Waals surface area contributed by atoms with E-state index in [1.165, 1.54) is 19.5 Å². The summed E-state index contributed by atoms with van der Waals surface area (Å²) < 4.78 is 3.00. The first kappa shape index (κ1) is 12.7. The molecule has 0 aromatic heterocycles. The fourth-order valence-corrected chi connectivity index (χ4v) is 6.28. The van der Waals surface area contributed by atoms with E-state index in [2.05, 4.69) is 50.2 Å². The van der Waals surface area contributed by atoms with Crippen LogP contribution in [-0.4, -0.2) is 14.7 Å². The molecular weight excluding hydrogens is 291 g/mol. The second-order valence-electron chi connectivity index (χ2n) is 4.06. The van der Waals surface area contributed by atoms with E-state index in [0.717, 1.165) is 5.02 Å². The first-order chi connectivity index (χ1) is 8.20. The van der Waals surface area contributed by atoms with E-state index in [1.54, 1.807) is 0 Å². The van der Waals surface area contributed by atoms with Gasteiger partial charge in [-0.1, -0.05) is 0 Å². The SMILES string of the molecule is CC[As](c1ccc(C)cc1)c1ccc(Cl)cc1. The number of hydrogen-bond acceptors (Lipinski definition) is 0. The van der Waals surface area contributed by atoms with E-state index in [9.17, 15) is 0 Å². The van der Waals surface area contributed by atoms with Gasteiger partial charge in [0.2, 0.25) is 0 Å². The van der Waals surface area contributed by atoms with Gasteiger partial charge in [-0.25, -0.2) is 0 Å². The molecule has 0 spiro atoms. The van der Waals surface area contributed by atoms with Gasteiger partial charge in [0, 0.05) is 0 Å². The molecule has 1 atom stereocenters. The second-order valence-corrected chi connectivity index (χ2v) is 9.78. The van der Waals surface area contributed by atoms with Crippen LogP contribution in [0.4, 0.5) is 0 Å². The minimum absolute atomic E-state index is 0.822. The van der Waals surface area contributed by atoms with Gasteiger partial charge in [0.25, 0.3) is 0 Å². The Hall–Kier alpha value is -0.712. The fourth-order valence-electron chi connectivity index (χ4n) is 1.86. The molecule has 0 N–H and O–H groups in total. The second kappa shape index (κ2) is 5.76. The summed E-state index contributed by atoms with van der Waals surface area (Å²) in [4.78, 5) is 0. The van der Waals surface area contributed by atoms with Crippen molar-refractivity contribution in [1.82, 2.24) is 0 Å². The summed E-state index contributed by atoms with van der Waals surface area (Å²) in [7, 11) is 0. The Morgan fingerprint density at radius 2 is 1.35 bits per heavy atom. The molecule has 2 heteroatoms. The summed E-state index contributed by atoms with van der Waals surface area (Å²) >= 11 is 4.84. The zero-order valence-electron chi connectivity index (χ0n) is 10.2. The molecule has 0 aliphatic heterocycles. The third-order valence-electron chi connectivity index (χ3n) is 2.80. The van der Waals surface area contributed by atoms with E-state index in [0.29, 0.717) is 0 Å². The van der Waals surface area contributed by atoms with Crippen LogP contribution < -0.4 is 8.70 Å². The molecule has 17 heavy (non-hydrogen) atoms. The van der Waals surface area contributed by atoms with Crippen molar-refractivity contribution in [2.75, 3.05) is 0 Å². The molecule has 0 fully saturated rings. The number of hydrogen-bond donors (Lipinski definition) is 0. The van der Waals surface area contributed by atoms with Gasteiger partial charge < -0.3 is 0 Å². The fraction of sp³-hybridized carbons (Fsp3) is 0.200. The Morgan fingerprint density at radius 3 is 1.82 bits per heavy atom. The first-order valence-electron chi connectivity index (χ1n) is 5.80. The Labute approximate surface area is 113 Å². The van der Waals surface area contributed by atoms with Gasteiger partial charge >= 0.3 is 113 Å². The number of halogens is 1. The zero-order valence-corrected chi connectivity index (χ0v) is 12.8. The van der Waals surface area contributed by atoms with Gasteiger partial charge in [-0.3, -0.25) is 0 Å². The molecule has 0 saturated heterocycles. The topological polar surface area (TPSA) is 0 Å². The normalized spacial score (nSPS) is 12.4. The molecule has 0 aliphatic carbocycles. The Kier molecular flexibility index (Phi) is 4.31. The van der Waals surface area contributed by atoms with Crippen molar-refractivity contribution < 1.29 is 0 Å². The van der Waals surface area contributed by atoms with Crippen LogP contribution in [0.25, 0.3) is 0 Å². The maximum atomic E-state index is 5.94. The van der Waals surface area contributed by atoms with Gasteiger partial charge in [0.05, 0.1) is 0 Å². The number of benzene rings is 2. The van der Waals surface area contributed by atoms with Crippen LogP contribution >= 0.6 is 11.6 Å². The van der Waals surface area contributed by atoms with E-state index < -0.39 is 14.7 Å². The third-order valence-corrected chi connectivity index (χ3v) is 8.25. The van der Waals surface area contributed by atoms with E-state index >= 15 is 0 Å². The van der Waals surface area contributed by atoms with Crippen LogP contribution in [0.1, 0.15) is 12.5 Å². The molecule has 0 bridgehead atoms. The average molecular weight is 307 g/mol. The molecular formula is C15H16AsCl. The van der Waals surface area contributed by atoms with Crippen LogP contribution in [-0.2, 0) is 0 Å². The van der Waals surface area contributed by atoms with Crippen LogP contribution in [0.5, 0.6) is 0 Å². The minimum atomic E-state index is -1.10. The van der Waals surface area contributed by atoms with Gasteiger partial charge in [0.15, 0.2) is 0 Å². The monoisotopic (exact) mass is 306 g/mol. The summed E-state index contributed by atoms with van der Waals surface area (Å²) in [6, 6.07) is 17.4. The molecule has 2 aromatic rings. The molecule has 2 rings (SSSR count). The summed E-state index contributed by atoms with van der Waals surface area (Å²) in [5.41, 5.74) is 1.33. The van der Waals surface area contributed by atoms with Gasteiger partial charge in [-0.15, -0.1) is 0 Å². The molecule has 0 nitrogen and oxygen atoms in total. The van der Waals surface area contributed by atoms with Crippen molar-refractivity contribution in [3.63, 3.8) is 0 Å². The molecule has 0 amide bonds. The number of aryl methyl sites for hydroxylation is 1. The quantitative estimate of drug-likeness (QED) is 0.764. The van der Waals surface area contributed by atoms with E-state index in [4.69, 9.17) is 11.6 Å². The van der Waals surface area contributed by atoms with Gasteiger partial charge in [-0.2, -0.15) is 0 Å². The first-order valence-corrected chi connectivity index (χ1v) is 9.38. The Bertz CT molecular complexity index is 428. The molecule has 0 aliphatic rings. The van der Waals surface area contributed by atoms with Crippen molar-refractivity contribution >= 4 is 35.0 Å². The Balaban J connectivity index is 2.33. The zero-order chi connectivity index (χ0) is 12.3. The number of rotatable bonds is 3. The molecule has 88 valence electrons. The predicted molar refractivity (Wildman–Crippen MR) is 78.1 cm³/mol. The molecule has 2 aromatic carbocycles. The van der Waals surface area contributed by atoms with Gasteiger partial charge in [0.1, 0.15) is 0 Å². The summed E-state index contributed by atoms with van der Waals surface area (Å²) in [5.74, 6) is 0. The predicted octanol–water partition coefficient (Wildman–Crippen LogP) is 3.28. The van der Waals surface area contributed by atoms with Crippen LogP contribution in [0, 0.1) is 6.92 Å². The van der Waals surface area contributed by atoms with Crippen molar-refractivity contribution in [2.45, 2.75) is 19.1 Å². The van der Waals surface area contributed by atoms with E-state index in [1.807, 2.05) is 12.1 Å². The molecule has 0 heterocycles. The van der Waals surface area contributed by atoms with Crippen molar-refractivity contribution in [2.24, 2.45) is 0 Å². The van der Waals surface area contributed by atoms with Crippen LogP contribution in [0.3, 0.4) is 0 Å². The summed E-state index contributed by atoms with van der Waals surface area (Å²) in [5, 5.41) is 2.07. The maximum absolute atomic E-state index is 5.94. The summed E-state index contributed by atoms with van der Waals surface area (Å²) in [6.07, 6.45) is 0. The molecule has 0 radical (unpaired) electrons. The van der Waals surface area contributed by atoms with Gasteiger partial charge in [-0.05, 0) is 0 Å². The van der Waals surface area contributed by atoms with E-state index in [-0.39, 0.29) is 0 Å². The van der Waals surface area contributed by atoms with Crippen LogP contribution in [0.15, 0.2) is 48.5 Å². The van der Waals surface area contributed by atoms with Crippen molar-refractivity contribution in [3.8, 4) is 0 Å². The Morgan fingerprint density at radius 1 is 0.882 bits per heavy atom. The third kappa shape index (κ3) is 3.15. The summed E-state index contributed by atoms with van der Waals surface area (Å²) in [6.45, 7) is 4.42. The standard InChI is InChI=1S/C15H16AsCl/c1-3-16(13-6-4-12(2)5-7-13)14-8-10-15(17)11-9-14/h4-11H,3H2,1-2H3. The molecule has 1 unspecified atom stereocenters. The van der Waals surface area contributed by atoms with Crippen molar-refractivity contribution in [1.29, 1.82) is 0 Å².